The highest BCUT2D eigenvalue weighted by Crippen LogP contribution is 2.24. The summed E-state index contributed by atoms with van der Waals surface area (Å²) in [6.07, 6.45) is 2.92. The third-order valence-corrected chi connectivity index (χ3v) is 4.18. The number of benzene rings is 2. The van der Waals surface area contributed by atoms with Crippen molar-refractivity contribution in [3.05, 3.63) is 71.0 Å². The molecule has 0 aliphatic heterocycles. The lowest BCUT2D eigenvalue weighted by molar-refractivity contribution is 0.102. The number of ether oxygens (including phenoxy) is 1. The number of anilines is 3. The average molecular weight is 383 g/mol. The molecule has 0 fully saturated rings. The molecule has 2 aromatic carbocycles. The van der Waals surface area contributed by atoms with E-state index in [0.29, 0.717) is 34.6 Å². The van der Waals surface area contributed by atoms with Crippen molar-refractivity contribution < 1.29 is 9.53 Å². The first kappa shape index (κ1) is 18.7. The zero-order chi connectivity index (χ0) is 19.2. The molecule has 0 saturated heterocycles. The van der Waals surface area contributed by atoms with E-state index in [2.05, 4.69) is 20.6 Å². The second-order valence-electron chi connectivity index (χ2n) is 5.77. The Morgan fingerprint density at radius 2 is 1.89 bits per heavy atom. The molecule has 0 saturated carbocycles. The van der Waals surface area contributed by atoms with Crippen molar-refractivity contribution in [2.75, 3.05) is 17.2 Å². The van der Waals surface area contributed by atoms with Gasteiger partial charge < -0.3 is 15.4 Å². The number of halogens is 1. The predicted octanol–water partition coefficient (Wildman–Crippen LogP) is 4.83. The van der Waals surface area contributed by atoms with Gasteiger partial charge in [0.05, 0.1) is 17.9 Å². The number of hydrogen-bond donors (Lipinski definition) is 2. The SMILES string of the molecule is CCOc1ccccc1NC(=O)c1cnc(Nc2ccc(C)c(Cl)c2)nc1. The van der Waals surface area contributed by atoms with Crippen molar-refractivity contribution in [3.8, 4) is 5.75 Å². The summed E-state index contributed by atoms with van der Waals surface area (Å²) in [5, 5.41) is 6.52. The molecular formula is C20H19ClN4O2. The number of carbonyl (C=O) groups excluding carboxylic acids is 1. The Kier molecular flexibility index (Phi) is 5.88. The Hall–Kier alpha value is -3.12. The maximum Gasteiger partial charge on any atom is 0.258 e. The smallest absolute Gasteiger partial charge is 0.258 e. The van der Waals surface area contributed by atoms with Crippen LogP contribution in [0.25, 0.3) is 0 Å². The molecule has 1 amide bonds. The van der Waals surface area contributed by atoms with Crippen LogP contribution in [0.1, 0.15) is 22.8 Å². The number of nitrogens with one attached hydrogen (secondary N) is 2. The van der Waals surface area contributed by atoms with E-state index in [1.807, 2.05) is 38.1 Å². The lowest BCUT2D eigenvalue weighted by atomic mass is 10.2. The lowest BCUT2D eigenvalue weighted by Crippen LogP contribution is -2.14. The van der Waals surface area contributed by atoms with Crippen LogP contribution >= 0.6 is 11.6 Å². The molecule has 0 aliphatic rings. The predicted molar refractivity (Wildman–Crippen MR) is 107 cm³/mol. The van der Waals surface area contributed by atoms with Crippen molar-refractivity contribution in [1.82, 2.24) is 9.97 Å². The third kappa shape index (κ3) is 4.74. The van der Waals surface area contributed by atoms with Gasteiger partial charge in [0.2, 0.25) is 5.95 Å². The molecule has 0 spiro atoms. The first-order chi connectivity index (χ1) is 13.1. The van der Waals surface area contributed by atoms with Gasteiger partial charge in [-0.3, -0.25) is 4.79 Å². The fraction of sp³-hybridized carbons (Fsp3) is 0.150. The van der Waals surface area contributed by atoms with Gasteiger partial charge in [0.25, 0.3) is 5.91 Å². The first-order valence-electron chi connectivity index (χ1n) is 8.45. The summed E-state index contributed by atoms with van der Waals surface area (Å²) >= 11 is 6.12. The minimum atomic E-state index is -0.313. The number of amides is 1. The van der Waals surface area contributed by atoms with Crippen LogP contribution in [0.2, 0.25) is 5.02 Å². The van der Waals surface area contributed by atoms with Gasteiger partial charge in [-0.05, 0) is 43.7 Å². The molecule has 1 heterocycles. The molecule has 0 bridgehead atoms. The monoisotopic (exact) mass is 382 g/mol. The fourth-order valence-electron chi connectivity index (χ4n) is 2.36. The van der Waals surface area contributed by atoms with Gasteiger partial charge in [0.1, 0.15) is 5.75 Å². The second kappa shape index (κ2) is 8.51. The molecule has 0 unspecified atom stereocenters. The summed E-state index contributed by atoms with van der Waals surface area (Å²) in [6.45, 7) is 4.33. The molecule has 0 atom stereocenters. The van der Waals surface area contributed by atoms with Crippen LogP contribution in [-0.4, -0.2) is 22.5 Å². The van der Waals surface area contributed by atoms with Gasteiger partial charge in [-0.15, -0.1) is 0 Å². The average Bonchev–Trinajstić information content (AvgIpc) is 2.67. The topological polar surface area (TPSA) is 76.1 Å². The molecular weight excluding hydrogens is 364 g/mol. The van der Waals surface area contributed by atoms with Crippen molar-refractivity contribution in [2.45, 2.75) is 13.8 Å². The number of rotatable bonds is 6. The second-order valence-corrected chi connectivity index (χ2v) is 6.17. The van der Waals surface area contributed by atoms with E-state index in [1.165, 1.54) is 12.4 Å². The zero-order valence-electron chi connectivity index (χ0n) is 15.0. The highest BCUT2D eigenvalue weighted by atomic mass is 35.5. The number of nitrogens with zero attached hydrogens (tertiary/aromatic N) is 2. The molecule has 7 heteroatoms. The maximum atomic E-state index is 12.4. The van der Waals surface area contributed by atoms with Crippen LogP contribution in [0.4, 0.5) is 17.3 Å². The summed E-state index contributed by atoms with van der Waals surface area (Å²) in [6, 6.07) is 12.8. The van der Waals surface area contributed by atoms with Gasteiger partial charge >= 0.3 is 0 Å². The van der Waals surface area contributed by atoms with Crippen molar-refractivity contribution in [3.63, 3.8) is 0 Å². The molecule has 3 aromatic rings. The van der Waals surface area contributed by atoms with Gasteiger partial charge in [0, 0.05) is 23.1 Å². The summed E-state index contributed by atoms with van der Waals surface area (Å²) < 4.78 is 5.51. The quantitative estimate of drug-likeness (QED) is 0.638. The Bertz CT molecular complexity index is 945. The van der Waals surface area contributed by atoms with Crippen molar-refractivity contribution >= 4 is 34.8 Å². The highest BCUT2D eigenvalue weighted by Gasteiger charge is 2.11. The van der Waals surface area contributed by atoms with E-state index in [1.54, 1.807) is 18.2 Å². The fourth-order valence-corrected chi connectivity index (χ4v) is 2.54. The van der Waals surface area contributed by atoms with Gasteiger partial charge in [-0.1, -0.05) is 29.8 Å². The molecule has 3 rings (SSSR count). The van der Waals surface area contributed by atoms with Gasteiger partial charge in [0.15, 0.2) is 0 Å². The minimum Gasteiger partial charge on any atom is -0.492 e. The van der Waals surface area contributed by atoms with E-state index < -0.39 is 0 Å². The van der Waals surface area contributed by atoms with E-state index in [9.17, 15) is 4.79 Å². The number of para-hydroxylation sites is 2. The van der Waals surface area contributed by atoms with Crippen LogP contribution in [0, 0.1) is 6.92 Å². The summed E-state index contributed by atoms with van der Waals surface area (Å²) in [7, 11) is 0. The van der Waals surface area contributed by atoms with Crippen molar-refractivity contribution in [2.24, 2.45) is 0 Å². The van der Waals surface area contributed by atoms with E-state index in [0.717, 1.165) is 11.3 Å². The van der Waals surface area contributed by atoms with E-state index in [-0.39, 0.29) is 5.91 Å². The molecule has 2 N–H and O–H groups in total. The standard InChI is InChI=1S/C20H19ClN4O2/c1-3-27-18-7-5-4-6-17(18)25-19(26)14-11-22-20(23-12-14)24-15-9-8-13(2)16(21)10-15/h4-12H,3H2,1-2H3,(H,25,26)(H,22,23,24). The largest absolute Gasteiger partial charge is 0.492 e. The number of aromatic nitrogens is 2. The summed E-state index contributed by atoms with van der Waals surface area (Å²) in [4.78, 5) is 20.8. The number of hydrogen-bond acceptors (Lipinski definition) is 5. The minimum absolute atomic E-state index is 0.313. The molecule has 1 aromatic heterocycles. The number of carbonyl (C=O) groups is 1. The Labute approximate surface area is 162 Å². The molecule has 6 nitrogen and oxygen atoms in total. The molecule has 0 aliphatic carbocycles. The maximum absolute atomic E-state index is 12.4. The third-order valence-electron chi connectivity index (χ3n) is 3.78. The molecule has 0 radical (unpaired) electrons. The zero-order valence-corrected chi connectivity index (χ0v) is 15.7. The Balaban J connectivity index is 1.69. The van der Waals surface area contributed by atoms with Crippen LogP contribution in [0.3, 0.4) is 0 Å². The van der Waals surface area contributed by atoms with Crippen LogP contribution < -0.4 is 15.4 Å². The Morgan fingerprint density at radius 1 is 1.15 bits per heavy atom. The van der Waals surface area contributed by atoms with Gasteiger partial charge in [-0.25, -0.2) is 9.97 Å². The summed E-state index contributed by atoms with van der Waals surface area (Å²) in [5.74, 6) is 0.678. The van der Waals surface area contributed by atoms with Crippen LogP contribution in [0.15, 0.2) is 54.9 Å². The van der Waals surface area contributed by atoms with Crippen LogP contribution in [0.5, 0.6) is 5.75 Å². The van der Waals surface area contributed by atoms with Crippen LogP contribution in [-0.2, 0) is 0 Å². The summed E-state index contributed by atoms with van der Waals surface area (Å²) in [5.41, 5.74) is 2.70. The Morgan fingerprint density at radius 3 is 2.59 bits per heavy atom. The first-order valence-corrected chi connectivity index (χ1v) is 8.83. The van der Waals surface area contributed by atoms with E-state index >= 15 is 0 Å². The van der Waals surface area contributed by atoms with Gasteiger partial charge in [-0.2, -0.15) is 0 Å². The lowest BCUT2D eigenvalue weighted by Gasteiger charge is -2.11. The number of aryl methyl sites for hydroxylation is 1. The molecule has 27 heavy (non-hydrogen) atoms. The van der Waals surface area contributed by atoms with Crippen molar-refractivity contribution in [1.29, 1.82) is 0 Å². The normalized spacial score (nSPS) is 10.3. The van der Waals surface area contributed by atoms with E-state index in [4.69, 9.17) is 16.3 Å². The molecule has 138 valence electrons. The highest BCUT2D eigenvalue weighted by molar-refractivity contribution is 6.31.